The fraction of sp³-hybridized carbons (Fsp3) is 0.607. The zero-order chi connectivity index (χ0) is 31.1. The van der Waals surface area contributed by atoms with E-state index >= 15 is 0 Å². The summed E-state index contributed by atoms with van der Waals surface area (Å²) >= 11 is 6.68. The van der Waals surface area contributed by atoms with Gasteiger partial charge in [0.15, 0.2) is 17.8 Å². The molecule has 10 atom stereocenters. The second kappa shape index (κ2) is 11.6. The zero-order valence-corrected chi connectivity index (χ0v) is 24.4. The van der Waals surface area contributed by atoms with Gasteiger partial charge in [0.25, 0.3) is 0 Å². The Labute approximate surface area is 242 Å². The van der Waals surface area contributed by atoms with Crippen molar-refractivity contribution in [2.24, 2.45) is 17.3 Å². The topological polar surface area (TPSA) is 172 Å². The number of ether oxygens (including phenoxy) is 5. The summed E-state index contributed by atoms with van der Waals surface area (Å²) in [6.45, 7) is 10.3. The van der Waals surface area contributed by atoms with Crippen LogP contribution in [0.5, 0.6) is 0 Å². The van der Waals surface area contributed by atoms with Crippen molar-refractivity contribution in [3.05, 3.63) is 36.5 Å². The van der Waals surface area contributed by atoms with Crippen molar-refractivity contribution < 1.29 is 57.9 Å². The third kappa shape index (κ3) is 5.77. The van der Waals surface area contributed by atoms with Crippen molar-refractivity contribution in [2.75, 3.05) is 6.61 Å². The monoisotopic (exact) mass is 598 g/mol. The van der Waals surface area contributed by atoms with Crippen LogP contribution < -0.4 is 0 Å². The molecule has 13 heteroatoms. The minimum absolute atomic E-state index is 0.172. The van der Waals surface area contributed by atoms with Crippen molar-refractivity contribution in [1.29, 1.82) is 0 Å². The quantitative estimate of drug-likeness (QED) is 0.201. The third-order valence-electron chi connectivity index (χ3n) is 7.94. The maximum Gasteiger partial charge on any atom is 0.312 e. The van der Waals surface area contributed by atoms with E-state index in [9.17, 15) is 34.2 Å². The molecule has 0 radical (unpaired) electrons. The molecule has 0 amide bonds. The van der Waals surface area contributed by atoms with Gasteiger partial charge in [-0.3, -0.25) is 24.0 Å². The van der Waals surface area contributed by atoms with E-state index in [1.165, 1.54) is 38.2 Å². The van der Waals surface area contributed by atoms with Crippen molar-refractivity contribution in [2.45, 2.75) is 82.5 Å². The van der Waals surface area contributed by atoms with Crippen LogP contribution in [-0.4, -0.2) is 87.7 Å². The summed E-state index contributed by atoms with van der Waals surface area (Å²) in [5.74, 6) is -7.11. The largest absolute Gasteiger partial charge is 0.463 e. The fourth-order valence-electron chi connectivity index (χ4n) is 5.97. The zero-order valence-electron chi connectivity index (χ0n) is 23.6. The van der Waals surface area contributed by atoms with Crippen LogP contribution in [0.2, 0.25) is 0 Å². The first-order valence-electron chi connectivity index (χ1n) is 12.9. The summed E-state index contributed by atoms with van der Waals surface area (Å²) in [6, 6.07) is 0. The van der Waals surface area contributed by atoms with Gasteiger partial charge < -0.3 is 33.9 Å². The Morgan fingerprint density at radius 2 is 1.54 bits per heavy atom. The van der Waals surface area contributed by atoms with Crippen LogP contribution in [0.1, 0.15) is 41.5 Å². The lowest BCUT2D eigenvalue weighted by molar-refractivity contribution is -0.254. The van der Waals surface area contributed by atoms with Gasteiger partial charge in [-0.2, -0.15) is 0 Å². The number of alkyl halides is 1. The number of fused-ring (bicyclic) bond motifs is 2. The Kier molecular flexibility index (Phi) is 9.12. The molecule has 1 saturated heterocycles. The van der Waals surface area contributed by atoms with E-state index in [1.54, 1.807) is 0 Å². The van der Waals surface area contributed by atoms with Crippen molar-refractivity contribution in [3.63, 3.8) is 0 Å². The van der Waals surface area contributed by atoms with Crippen LogP contribution >= 0.6 is 11.6 Å². The molecule has 0 saturated carbocycles. The van der Waals surface area contributed by atoms with Crippen LogP contribution in [0.15, 0.2) is 36.5 Å². The van der Waals surface area contributed by atoms with Gasteiger partial charge in [0.05, 0.1) is 11.3 Å². The number of halogens is 1. The molecule has 0 unspecified atom stereocenters. The maximum atomic E-state index is 12.9. The van der Waals surface area contributed by atoms with E-state index in [-0.39, 0.29) is 5.57 Å². The molecule has 2 aliphatic carbocycles. The number of rotatable bonds is 5. The SMILES string of the molecule is C=C1/C=C/[C@H](OC(C)=O)[C@@]2(C)C=C[C@@H](OC(C)=O)[C@](O)(COC(C)=O)[C@@H]2[C@H](OC(C)=O)[C@]2(O)[C@@H](C)C(=O)O[C@H]2[C@H]1Cl. The highest BCUT2D eigenvalue weighted by atomic mass is 35.5. The first-order valence-corrected chi connectivity index (χ1v) is 13.3. The minimum atomic E-state index is -2.43. The highest BCUT2D eigenvalue weighted by molar-refractivity contribution is 6.23. The van der Waals surface area contributed by atoms with Crippen LogP contribution in [0.4, 0.5) is 0 Å². The number of carbonyl (C=O) groups is 5. The Morgan fingerprint density at radius 3 is 2.07 bits per heavy atom. The molecule has 0 aromatic heterocycles. The molecule has 1 aliphatic heterocycles. The molecule has 226 valence electrons. The molecule has 0 aromatic carbocycles. The van der Waals surface area contributed by atoms with Gasteiger partial charge >= 0.3 is 29.8 Å². The van der Waals surface area contributed by atoms with Gasteiger partial charge in [-0.25, -0.2) is 0 Å². The molecule has 12 nitrogen and oxygen atoms in total. The normalized spacial score (nSPS) is 40.8. The van der Waals surface area contributed by atoms with Gasteiger partial charge in [-0.15, -0.1) is 11.6 Å². The predicted molar refractivity (Wildman–Crippen MR) is 141 cm³/mol. The third-order valence-corrected chi connectivity index (χ3v) is 8.45. The predicted octanol–water partition coefficient (Wildman–Crippen LogP) is 1.29. The van der Waals surface area contributed by atoms with Crippen LogP contribution in [0.25, 0.3) is 0 Å². The standard InChI is InChI=1S/C28H35ClO12/c1-13-8-9-19(38-16(4)31)26(7)11-10-20(39-17(5)32)27(35,12-37-15(3)30)22(26)24(40-18(6)33)28(36)14(2)25(34)41-23(28)21(13)29/h8-11,14,19-24,35-36H,1,12H2,2-7H3/b9-8+/t14-,19-,20+,21-,22+,23-,24-,26+,27+,28-/m0/s1. The van der Waals surface area contributed by atoms with E-state index < -0.39 is 94.7 Å². The molecule has 3 rings (SSSR count). The van der Waals surface area contributed by atoms with Crippen molar-refractivity contribution in [3.8, 4) is 0 Å². The summed E-state index contributed by atoms with van der Waals surface area (Å²) in [5.41, 5.74) is -6.27. The summed E-state index contributed by atoms with van der Waals surface area (Å²) in [6.07, 6.45) is -0.489. The molecular weight excluding hydrogens is 564 g/mol. The van der Waals surface area contributed by atoms with Crippen molar-refractivity contribution >= 4 is 41.4 Å². The smallest absolute Gasteiger partial charge is 0.312 e. The molecule has 0 aromatic rings. The highest BCUT2D eigenvalue weighted by Crippen LogP contribution is 2.55. The second-order valence-electron chi connectivity index (χ2n) is 10.9. The van der Waals surface area contributed by atoms with Crippen LogP contribution in [-0.2, 0) is 47.7 Å². The lowest BCUT2D eigenvalue weighted by Gasteiger charge is -2.57. The number of esters is 5. The lowest BCUT2D eigenvalue weighted by atomic mass is 9.54. The molecular formula is C28H35ClO12. The Balaban J connectivity index is 2.48. The molecule has 1 fully saturated rings. The summed E-state index contributed by atoms with van der Waals surface area (Å²) in [5, 5.41) is 23.6. The van der Waals surface area contributed by atoms with Gasteiger partial charge in [-0.1, -0.05) is 25.7 Å². The van der Waals surface area contributed by atoms with E-state index in [0.717, 1.165) is 27.7 Å². The Bertz CT molecular complexity index is 1190. The highest BCUT2D eigenvalue weighted by Gasteiger charge is 2.71. The van der Waals surface area contributed by atoms with Gasteiger partial charge in [0.2, 0.25) is 0 Å². The fourth-order valence-corrected chi connectivity index (χ4v) is 6.29. The van der Waals surface area contributed by atoms with Crippen molar-refractivity contribution in [1.82, 2.24) is 0 Å². The number of aliphatic hydroxyl groups is 2. The average Bonchev–Trinajstić information content (AvgIpc) is 3.09. The number of hydrogen-bond acceptors (Lipinski definition) is 12. The van der Waals surface area contributed by atoms with E-state index in [2.05, 4.69) is 6.58 Å². The molecule has 3 aliphatic rings. The Morgan fingerprint density at radius 1 is 0.976 bits per heavy atom. The van der Waals surface area contributed by atoms with Gasteiger partial charge in [0.1, 0.15) is 24.4 Å². The first kappa shape index (κ1) is 32.3. The lowest BCUT2D eigenvalue weighted by Crippen LogP contribution is -2.72. The van der Waals surface area contributed by atoms with Gasteiger partial charge in [-0.05, 0) is 24.6 Å². The maximum absolute atomic E-state index is 12.9. The number of carbonyl (C=O) groups excluding carboxylic acids is 5. The average molecular weight is 599 g/mol. The number of allylic oxidation sites excluding steroid dienone is 1. The van der Waals surface area contributed by atoms with Gasteiger partial charge in [0, 0.05) is 39.0 Å². The molecule has 0 bridgehead atoms. The summed E-state index contributed by atoms with van der Waals surface area (Å²) in [4.78, 5) is 61.9. The summed E-state index contributed by atoms with van der Waals surface area (Å²) in [7, 11) is 0. The van der Waals surface area contributed by atoms with E-state index in [4.69, 9.17) is 35.3 Å². The molecule has 0 spiro atoms. The van der Waals surface area contributed by atoms with Crippen LogP contribution in [0.3, 0.4) is 0 Å². The Hall–Kier alpha value is -3.22. The van der Waals surface area contributed by atoms with E-state index in [1.807, 2.05) is 0 Å². The van der Waals surface area contributed by atoms with E-state index in [0.29, 0.717) is 0 Å². The minimum Gasteiger partial charge on any atom is -0.463 e. The van der Waals surface area contributed by atoms with Crippen LogP contribution in [0, 0.1) is 17.3 Å². The second-order valence-corrected chi connectivity index (χ2v) is 11.3. The molecule has 41 heavy (non-hydrogen) atoms. The first-order chi connectivity index (χ1) is 18.9. The molecule has 2 N–H and O–H groups in total. The summed E-state index contributed by atoms with van der Waals surface area (Å²) < 4.78 is 27.5. The molecule has 1 heterocycles. The number of hydrogen-bond donors (Lipinski definition) is 2.